The van der Waals surface area contributed by atoms with Crippen LogP contribution in [-0.4, -0.2) is 31.3 Å². The van der Waals surface area contributed by atoms with E-state index in [4.69, 9.17) is 15.7 Å². The van der Waals surface area contributed by atoms with Gasteiger partial charge in [0, 0.05) is 25.8 Å². The Hall–Kier alpha value is -1.75. The highest BCUT2D eigenvalue weighted by molar-refractivity contribution is 5.79. The number of unbranched alkanes of at least 4 members (excludes halogenated alkanes) is 1. The molecule has 0 aromatic heterocycles. The second-order valence-corrected chi connectivity index (χ2v) is 4.38. The summed E-state index contributed by atoms with van der Waals surface area (Å²) in [4.78, 5) is 0. The predicted octanol–water partition coefficient (Wildman–Crippen LogP) is 2.20. The molecule has 1 rings (SSSR count). The summed E-state index contributed by atoms with van der Waals surface area (Å²) in [6.07, 6.45) is 3.42. The third-order valence-corrected chi connectivity index (χ3v) is 2.90. The lowest BCUT2D eigenvalue weighted by Crippen LogP contribution is -2.12. The van der Waals surface area contributed by atoms with Crippen LogP contribution in [0.25, 0.3) is 0 Å². The Kier molecular flexibility index (Phi) is 7.43. The minimum Gasteiger partial charge on any atom is -0.409 e. The van der Waals surface area contributed by atoms with Gasteiger partial charge in [-0.3, -0.25) is 0 Å². The summed E-state index contributed by atoms with van der Waals surface area (Å²) in [5, 5.41) is 14.8. The number of para-hydroxylation sites is 1. The van der Waals surface area contributed by atoms with Crippen LogP contribution in [0.5, 0.6) is 0 Å². The molecule has 106 valence electrons. The van der Waals surface area contributed by atoms with Gasteiger partial charge in [0.15, 0.2) is 0 Å². The smallest absolute Gasteiger partial charge is 0.139 e. The van der Waals surface area contributed by atoms with Gasteiger partial charge in [0.1, 0.15) is 5.84 Å². The van der Waals surface area contributed by atoms with Gasteiger partial charge >= 0.3 is 0 Å². The van der Waals surface area contributed by atoms with Gasteiger partial charge < -0.3 is 21.0 Å². The Morgan fingerprint density at radius 3 is 2.89 bits per heavy atom. The number of methoxy groups -OCH3 is 1. The molecule has 0 amide bonds. The third kappa shape index (κ3) is 6.10. The number of hydrogen-bond donors (Lipinski definition) is 3. The van der Waals surface area contributed by atoms with E-state index < -0.39 is 0 Å². The highest BCUT2D eigenvalue weighted by Crippen LogP contribution is 2.15. The van der Waals surface area contributed by atoms with Crippen molar-refractivity contribution in [3.05, 3.63) is 29.8 Å². The zero-order valence-corrected chi connectivity index (χ0v) is 11.4. The van der Waals surface area contributed by atoms with E-state index in [1.165, 1.54) is 5.56 Å². The van der Waals surface area contributed by atoms with E-state index >= 15 is 0 Å². The molecule has 0 aliphatic heterocycles. The van der Waals surface area contributed by atoms with Crippen molar-refractivity contribution in [1.82, 2.24) is 0 Å². The van der Waals surface area contributed by atoms with Gasteiger partial charge in [-0.1, -0.05) is 23.4 Å². The molecular formula is C14H23N3O2. The minimum absolute atomic E-state index is 0.292. The number of rotatable bonds is 9. The van der Waals surface area contributed by atoms with Crippen LogP contribution in [0.15, 0.2) is 29.4 Å². The van der Waals surface area contributed by atoms with Crippen LogP contribution in [0.1, 0.15) is 24.8 Å². The maximum absolute atomic E-state index is 8.42. The first kappa shape index (κ1) is 15.3. The van der Waals surface area contributed by atoms with Crippen LogP contribution in [0, 0.1) is 0 Å². The second-order valence-electron chi connectivity index (χ2n) is 4.38. The van der Waals surface area contributed by atoms with Crippen molar-refractivity contribution in [2.75, 3.05) is 25.6 Å². The van der Waals surface area contributed by atoms with Crippen LogP contribution in [0.3, 0.4) is 0 Å². The molecule has 5 nitrogen and oxygen atoms in total. The first-order valence-corrected chi connectivity index (χ1v) is 6.55. The summed E-state index contributed by atoms with van der Waals surface area (Å²) in [6, 6.07) is 8.25. The van der Waals surface area contributed by atoms with Gasteiger partial charge in [0.2, 0.25) is 0 Å². The average Bonchev–Trinajstić information content (AvgIpc) is 2.45. The Bertz CT molecular complexity index is 394. The molecule has 0 saturated heterocycles. The highest BCUT2D eigenvalue weighted by atomic mass is 16.5. The largest absolute Gasteiger partial charge is 0.409 e. The Balaban J connectivity index is 2.32. The zero-order valence-electron chi connectivity index (χ0n) is 11.4. The molecule has 0 aliphatic rings. The summed E-state index contributed by atoms with van der Waals surface area (Å²) in [5.74, 6) is 0.292. The lowest BCUT2D eigenvalue weighted by molar-refractivity contribution is 0.202. The molecule has 0 unspecified atom stereocenters. The monoisotopic (exact) mass is 265 g/mol. The third-order valence-electron chi connectivity index (χ3n) is 2.90. The zero-order chi connectivity index (χ0) is 13.9. The molecule has 0 fully saturated rings. The molecule has 0 atom stereocenters. The van der Waals surface area contributed by atoms with Crippen molar-refractivity contribution in [2.24, 2.45) is 10.9 Å². The number of anilines is 1. The van der Waals surface area contributed by atoms with Gasteiger partial charge in [-0.2, -0.15) is 0 Å². The molecule has 1 aromatic carbocycles. The van der Waals surface area contributed by atoms with E-state index in [1.807, 2.05) is 12.1 Å². The van der Waals surface area contributed by atoms with Gasteiger partial charge in [-0.15, -0.1) is 0 Å². The number of ether oxygens (including phenoxy) is 1. The minimum atomic E-state index is 0.292. The number of nitrogens with one attached hydrogen (secondary N) is 1. The van der Waals surface area contributed by atoms with Crippen molar-refractivity contribution in [3.63, 3.8) is 0 Å². The molecule has 19 heavy (non-hydrogen) atoms. The Labute approximate surface area is 114 Å². The fourth-order valence-corrected chi connectivity index (χ4v) is 1.83. The highest BCUT2D eigenvalue weighted by Gasteiger charge is 2.01. The maximum atomic E-state index is 8.42. The molecule has 4 N–H and O–H groups in total. The Morgan fingerprint density at radius 1 is 1.37 bits per heavy atom. The van der Waals surface area contributed by atoms with E-state index in [1.54, 1.807) is 7.11 Å². The van der Waals surface area contributed by atoms with Gasteiger partial charge in [0.25, 0.3) is 0 Å². The summed E-state index contributed by atoms with van der Waals surface area (Å²) in [7, 11) is 1.71. The van der Waals surface area contributed by atoms with E-state index in [0.29, 0.717) is 12.3 Å². The molecule has 0 radical (unpaired) electrons. The van der Waals surface area contributed by atoms with Crippen molar-refractivity contribution in [1.29, 1.82) is 0 Å². The van der Waals surface area contributed by atoms with Crippen LogP contribution in [0.2, 0.25) is 0 Å². The molecule has 0 aliphatic carbocycles. The van der Waals surface area contributed by atoms with Crippen LogP contribution < -0.4 is 11.1 Å². The quantitative estimate of drug-likeness (QED) is 0.210. The van der Waals surface area contributed by atoms with Gasteiger partial charge in [0.05, 0.1) is 6.61 Å². The molecule has 0 spiro atoms. The SMILES string of the molecule is COCCc1ccccc1NCCCC/C(N)=N/O. The molecule has 0 saturated carbocycles. The van der Waals surface area contributed by atoms with E-state index in [2.05, 4.69) is 22.6 Å². The number of hydrogen-bond acceptors (Lipinski definition) is 4. The normalized spacial score (nSPS) is 11.5. The molecule has 1 aromatic rings. The number of amidine groups is 1. The fraction of sp³-hybridized carbons (Fsp3) is 0.500. The molecule has 0 heterocycles. The molecule has 0 bridgehead atoms. The average molecular weight is 265 g/mol. The number of nitrogens with zero attached hydrogens (tertiary/aromatic N) is 1. The first-order chi connectivity index (χ1) is 9.27. The fourth-order valence-electron chi connectivity index (χ4n) is 1.83. The number of nitrogens with two attached hydrogens (primary N) is 1. The van der Waals surface area contributed by atoms with Crippen molar-refractivity contribution in [2.45, 2.75) is 25.7 Å². The Morgan fingerprint density at radius 2 is 2.16 bits per heavy atom. The van der Waals surface area contributed by atoms with E-state index in [9.17, 15) is 0 Å². The van der Waals surface area contributed by atoms with Crippen LogP contribution in [0.4, 0.5) is 5.69 Å². The second kappa shape index (κ2) is 9.22. The van der Waals surface area contributed by atoms with Crippen LogP contribution in [-0.2, 0) is 11.2 Å². The number of oxime groups is 1. The first-order valence-electron chi connectivity index (χ1n) is 6.55. The standard InChI is InChI=1S/C14H23N3O2/c1-19-11-9-12-6-2-3-7-13(12)16-10-5-4-8-14(15)17-18/h2-3,6-7,16,18H,4-5,8-11H2,1H3,(H2,15,17). The summed E-state index contributed by atoms with van der Waals surface area (Å²) < 4.78 is 5.10. The number of benzene rings is 1. The maximum Gasteiger partial charge on any atom is 0.139 e. The van der Waals surface area contributed by atoms with E-state index in [0.717, 1.165) is 38.1 Å². The lowest BCUT2D eigenvalue weighted by atomic mass is 10.1. The topological polar surface area (TPSA) is 79.9 Å². The van der Waals surface area contributed by atoms with E-state index in [-0.39, 0.29) is 0 Å². The molecule has 5 heteroatoms. The van der Waals surface area contributed by atoms with Gasteiger partial charge in [-0.05, 0) is 30.9 Å². The van der Waals surface area contributed by atoms with Gasteiger partial charge in [-0.25, -0.2) is 0 Å². The summed E-state index contributed by atoms with van der Waals surface area (Å²) >= 11 is 0. The van der Waals surface area contributed by atoms with Crippen LogP contribution >= 0.6 is 0 Å². The molecular weight excluding hydrogens is 242 g/mol. The predicted molar refractivity (Wildman–Crippen MR) is 77.8 cm³/mol. The summed E-state index contributed by atoms with van der Waals surface area (Å²) in [6.45, 7) is 1.60. The summed E-state index contributed by atoms with van der Waals surface area (Å²) in [5.41, 5.74) is 7.83. The van der Waals surface area contributed by atoms with Crippen molar-refractivity contribution >= 4 is 11.5 Å². The van der Waals surface area contributed by atoms with Crippen molar-refractivity contribution < 1.29 is 9.94 Å². The van der Waals surface area contributed by atoms with Crippen molar-refractivity contribution in [3.8, 4) is 0 Å². The lowest BCUT2D eigenvalue weighted by Gasteiger charge is -2.11.